The van der Waals surface area contributed by atoms with Crippen LogP contribution in [0, 0.1) is 17.6 Å². The molecule has 5 rings (SSSR count). The normalized spacial score (nSPS) is 15.9. The first-order chi connectivity index (χ1) is 18.9. The first-order valence-corrected chi connectivity index (χ1v) is 13.2. The number of methoxy groups -OCH3 is 1. The summed E-state index contributed by atoms with van der Waals surface area (Å²) >= 11 is 0. The number of nitrogens with two attached hydrogens (primary N) is 1. The molecule has 2 aliphatic rings. The van der Waals surface area contributed by atoms with Gasteiger partial charge in [-0.3, -0.25) is 9.69 Å². The summed E-state index contributed by atoms with van der Waals surface area (Å²) in [4.78, 5) is 23.1. The first kappa shape index (κ1) is 28.4. The summed E-state index contributed by atoms with van der Waals surface area (Å²) in [5, 5.41) is 2.57. The van der Waals surface area contributed by atoms with Gasteiger partial charge in [-0.2, -0.15) is 0 Å². The molecule has 1 aliphatic heterocycles. The van der Waals surface area contributed by atoms with Crippen LogP contribution in [0.3, 0.4) is 0 Å². The molecule has 3 N–H and O–H groups in total. The molecule has 39 heavy (non-hydrogen) atoms. The number of carbonyl (C=O) groups is 1. The lowest BCUT2D eigenvalue weighted by Gasteiger charge is -2.27. The number of carbonyl (C=O) groups excluding carboxylic acids is 1. The average molecular weight is 540 g/mol. The average Bonchev–Trinajstić information content (AvgIpc) is 3.43. The fourth-order valence-electron chi connectivity index (χ4n) is 4.68. The zero-order valence-electron chi connectivity index (χ0n) is 22.4. The number of rotatable bonds is 6. The van der Waals surface area contributed by atoms with Crippen molar-refractivity contribution in [3.8, 4) is 17.1 Å². The molecule has 1 saturated carbocycles. The summed E-state index contributed by atoms with van der Waals surface area (Å²) in [6.45, 7) is 5.36. The second-order valence-corrected chi connectivity index (χ2v) is 9.85. The first-order valence-electron chi connectivity index (χ1n) is 13.2. The number of hydrogen-bond donors (Lipinski definition) is 2. The largest absolute Gasteiger partial charge is 0.496 e. The van der Waals surface area contributed by atoms with Gasteiger partial charge in [0.1, 0.15) is 23.1 Å². The number of ether oxygens (including phenoxy) is 2. The van der Waals surface area contributed by atoms with Crippen LogP contribution in [0.4, 0.5) is 20.2 Å². The van der Waals surface area contributed by atoms with E-state index in [1.165, 1.54) is 69.3 Å². The predicted molar refractivity (Wildman–Crippen MR) is 146 cm³/mol. The van der Waals surface area contributed by atoms with Gasteiger partial charge in [-0.05, 0) is 36.2 Å². The van der Waals surface area contributed by atoms with E-state index in [2.05, 4.69) is 27.1 Å². The van der Waals surface area contributed by atoms with Crippen molar-refractivity contribution in [2.75, 3.05) is 44.5 Å². The van der Waals surface area contributed by atoms with Gasteiger partial charge in [0.15, 0.2) is 5.82 Å². The van der Waals surface area contributed by atoms with Crippen molar-refractivity contribution in [2.45, 2.75) is 39.2 Å². The number of nitrogens with zero attached hydrogens (tertiary/aromatic N) is 3. The van der Waals surface area contributed by atoms with Gasteiger partial charge in [-0.25, -0.2) is 18.7 Å². The van der Waals surface area contributed by atoms with Crippen LogP contribution < -0.4 is 15.8 Å². The van der Waals surface area contributed by atoms with Crippen LogP contribution in [0.1, 0.15) is 48.7 Å². The highest BCUT2D eigenvalue weighted by Crippen LogP contribution is 2.30. The Labute approximate surface area is 227 Å². The van der Waals surface area contributed by atoms with Gasteiger partial charge in [-0.1, -0.05) is 38.7 Å². The summed E-state index contributed by atoms with van der Waals surface area (Å²) in [5.74, 6) is -0.446. The smallest absolute Gasteiger partial charge is 0.274 e. The Morgan fingerprint density at radius 3 is 2.56 bits per heavy atom. The van der Waals surface area contributed by atoms with Gasteiger partial charge in [-0.15, -0.1) is 0 Å². The molecular formula is C29H35F2N5O3. The van der Waals surface area contributed by atoms with E-state index in [0.717, 1.165) is 5.92 Å². The van der Waals surface area contributed by atoms with Gasteiger partial charge in [0, 0.05) is 31.4 Å². The number of halogens is 2. The summed E-state index contributed by atoms with van der Waals surface area (Å²) in [5.41, 5.74) is 6.84. The molecule has 2 heterocycles. The van der Waals surface area contributed by atoms with Crippen LogP contribution in [0.15, 0.2) is 42.6 Å². The highest BCUT2D eigenvalue weighted by molar-refractivity contribution is 6.04. The van der Waals surface area contributed by atoms with E-state index in [1.54, 1.807) is 6.07 Å². The Balaban J connectivity index is 0.000000519. The molecular weight excluding hydrogens is 504 g/mol. The lowest BCUT2D eigenvalue weighted by atomic mass is 10.1. The monoisotopic (exact) mass is 539 g/mol. The molecule has 3 aromatic rings. The Hall–Kier alpha value is -3.63. The minimum atomic E-state index is -0.638. The third-order valence-corrected chi connectivity index (χ3v) is 6.92. The van der Waals surface area contributed by atoms with E-state index < -0.39 is 17.5 Å². The van der Waals surface area contributed by atoms with Crippen LogP contribution in [-0.2, 0) is 11.3 Å². The molecule has 208 valence electrons. The molecule has 1 saturated heterocycles. The van der Waals surface area contributed by atoms with Crippen molar-refractivity contribution in [1.82, 2.24) is 14.9 Å². The van der Waals surface area contributed by atoms with E-state index >= 15 is 0 Å². The van der Waals surface area contributed by atoms with Crippen molar-refractivity contribution in [1.29, 1.82) is 0 Å². The summed E-state index contributed by atoms with van der Waals surface area (Å²) in [7, 11) is 1.40. The highest BCUT2D eigenvalue weighted by Gasteiger charge is 2.19. The third kappa shape index (κ3) is 7.48. The number of nitrogen functional groups attached to an aromatic ring is 1. The number of nitrogens with one attached hydrogen (secondary N) is 1. The Morgan fingerprint density at radius 1 is 1.15 bits per heavy atom. The number of aromatic nitrogens is 2. The molecule has 1 aromatic heterocycles. The Morgan fingerprint density at radius 2 is 1.90 bits per heavy atom. The quantitative estimate of drug-likeness (QED) is 0.410. The van der Waals surface area contributed by atoms with Crippen molar-refractivity contribution in [2.24, 2.45) is 5.92 Å². The topological polar surface area (TPSA) is 103 Å². The van der Waals surface area contributed by atoms with Gasteiger partial charge in [0.2, 0.25) is 0 Å². The van der Waals surface area contributed by atoms with Crippen LogP contribution in [0.2, 0.25) is 0 Å². The molecule has 10 heteroatoms. The van der Waals surface area contributed by atoms with Gasteiger partial charge >= 0.3 is 0 Å². The molecule has 0 unspecified atom stereocenters. The van der Waals surface area contributed by atoms with Crippen molar-refractivity contribution in [3.63, 3.8) is 0 Å². The lowest BCUT2D eigenvalue weighted by Crippen LogP contribution is -2.35. The van der Waals surface area contributed by atoms with E-state index in [4.69, 9.17) is 15.2 Å². The molecule has 0 bridgehead atoms. The lowest BCUT2D eigenvalue weighted by molar-refractivity contribution is 0.0337. The number of hydrogen-bond acceptors (Lipinski definition) is 7. The second-order valence-electron chi connectivity index (χ2n) is 9.85. The third-order valence-electron chi connectivity index (χ3n) is 6.92. The van der Waals surface area contributed by atoms with Gasteiger partial charge in [0.05, 0.1) is 37.3 Å². The SMILES string of the molecule is CC1CCCC1.COc1cccc(F)c1-c1nccc(C(=O)Nc2cc(F)c(CN3CCOCC3)cc2N)n1. The predicted octanol–water partition coefficient (Wildman–Crippen LogP) is 5.29. The standard InChI is InChI=1S/C23H23F2N5O3.C6H12/c1-32-20-4-2-3-15(24)21(20)22-27-6-5-18(28-22)23(31)29-19-12-16(25)14(11-17(19)26)13-30-7-9-33-10-8-30;1-6-4-2-3-5-6/h2-6,11-12H,7-10,13,26H2,1H3,(H,29,31);6H,2-5H2,1H3. The minimum absolute atomic E-state index is 0.0161. The van der Waals surface area contributed by atoms with Crippen LogP contribution in [-0.4, -0.2) is 54.2 Å². The fraction of sp³-hybridized carbons (Fsp3) is 0.414. The summed E-state index contributed by atoms with van der Waals surface area (Å²) in [6.07, 6.45) is 7.28. The number of benzene rings is 2. The molecule has 0 spiro atoms. The van der Waals surface area contributed by atoms with Crippen molar-refractivity contribution in [3.05, 3.63) is 65.5 Å². The zero-order chi connectivity index (χ0) is 27.8. The zero-order valence-corrected chi connectivity index (χ0v) is 22.4. The van der Waals surface area contributed by atoms with Crippen LogP contribution >= 0.6 is 0 Å². The second kappa shape index (κ2) is 13.4. The Kier molecular flexibility index (Phi) is 9.78. The summed E-state index contributed by atoms with van der Waals surface area (Å²) in [6, 6.07) is 8.37. The number of amides is 1. The fourth-order valence-corrected chi connectivity index (χ4v) is 4.68. The molecule has 2 aromatic carbocycles. The van der Waals surface area contributed by atoms with E-state index in [0.29, 0.717) is 38.4 Å². The summed E-state index contributed by atoms with van der Waals surface area (Å²) < 4.78 is 39.6. The number of anilines is 2. The number of morpholine rings is 1. The Bertz CT molecular complexity index is 1280. The molecule has 2 fully saturated rings. The van der Waals surface area contributed by atoms with Crippen molar-refractivity contribution < 1.29 is 23.0 Å². The highest BCUT2D eigenvalue weighted by atomic mass is 19.1. The van der Waals surface area contributed by atoms with E-state index in [1.807, 2.05) is 0 Å². The maximum absolute atomic E-state index is 14.7. The molecule has 8 nitrogen and oxygen atoms in total. The van der Waals surface area contributed by atoms with Gasteiger partial charge < -0.3 is 20.5 Å². The molecule has 0 radical (unpaired) electrons. The molecule has 0 atom stereocenters. The minimum Gasteiger partial charge on any atom is -0.496 e. The van der Waals surface area contributed by atoms with E-state index in [-0.39, 0.29) is 34.2 Å². The maximum atomic E-state index is 14.7. The molecule has 1 amide bonds. The van der Waals surface area contributed by atoms with Crippen molar-refractivity contribution >= 4 is 17.3 Å². The van der Waals surface area contributed by atoms with Gasteiger partial charge in [0.25, 0.3) is 5.91 Å². The van der Waals surface area contributed by atoms with Crippen LogP contribution in [0.25, 0.3) is 11.4 Å². The molecule has 1 aliphatic carbocycles. The van der Waals surface area contributed by atoms with Crippen LogP contribution in [0.5, 0.6) is 5.75 Å². The van der Waals surface area contributed by atoms with E-state index in [9.17, 15) is 13.6 Å². The maximum Gasteiger partial charge on any atom is 0.274 e.